The highest BCUT2D eigenvalue weighted by atomic mass is 19.4. The van der Waals surface area contributed by atoms with Crippen molar-refractivity contribution in [3.63, 3.8) is 0 Å². The Hall–Kier alpha value is -4.24. The van der Waals surface area contributed by atoms with Gasteiger partial charge in [-0.2, -0.15) is 13.2 Å². The fraction of sp³-hybridized carbons (Fsp3) is 0.208. The fourth-order valence-electron chi connectivity index (χ4n) is 2.76. The summed E-state index contributed by atoms with van der Waals surface area (Å²) in [6.45, 7) is 9.95. The average Bonchev–Trinajstić information content (AvgIpc) is 2.80. The molecule has 0 aromatic heterocycles. The monoisotopic (exact) mass is 454 g/mol. The fourth-order valence-corrected chi connectivity index (χ4v) is 2.76. The van der Waals surface area contributed by atoms with E-state index in [0.717, 1.165) is 35.5 Å². The molecule has 0 atom stereocenters. The Morgan fingerprint density at radius 1 is 1.21 bits per heavy atom. The third-order valence-corrected chi connectivity index (χ3v) is 4.47. The van der Waals surface area contributed by atoms with E-state index in [1.165, 1.54) is 6.08 Å². The SMILES string of the molecule is [C-]#[N+]/C(C#N)=C\C=C\c1ccc(N(CC)CCOC(=O)Nc2ccc(C(F)(F)F)cc2)cc1. The van der Waals surface area contributed by atoms with E-state index in [1.54, 1.807) is 18.2 Å². The van der Waals surface area contributed by atoms with Gasteiger partial charge in [0.25, 0.3) is 5.70 Å². The second-order valence-corrected chi connectivity index (χ2v) is 6.64. The molecule has 1 amide bonds. The summed E-state index contributed by atoms with van der Waals surface area (Å²) >= 11 is 0. The summed E-state index contributed by atoms with van der Waals surface area (Å²) in [5, 5.41) is 11.1. The van der Waals surface area contributed by atoms with Gasteiger partial charge < -0.3 is 9.64 Å². The number of hydrogen-bond acceptors (Lipinski definition) is 4. The van der Waals surface area contributed by atoms with Crippen LogP contribution < -0.4 is 10.2 Å². The van der Waals surface area contributed by atoms with Crippen LogP contribution in [0.15, 0.2) is 66.4 Å². The van der Waals surface area contributed by atoms with Crippen LogP contribution in [0.25, 0.3) is 10.9 Å². The largest absolute Gasteiger partial charge is 0.447 e. The molecule has 33 heavy (non-hydrogen) atoms. The van der Waals surface area contributed by atoms with E-state index in [9.17, 15) is 18.0 Å². The summed E-state index contributed by atoms with van der Waals surface area (Å²) in [5.41, 5.74) is 1.21. The molecular formula is C24H21F3N4O2. The molecule has 0 unspecified atom stereocenters. The normalized spacial score (nSPS) is 11.5. The van der Waals surface area contributed by atoms with E-state index >= 15 is 0 Å². The number of benzene rings is 2. The maximum absolute atomic E-state index is 12.6. The van der Waals surface area contributed by atoms with Gasteiger partial charge in [-0.05, 0) is 55.0 Å². The van der Waals surface area contributed by atoms with E-state index in [0.29, 0.717) is 13.1 Å². The van der Waals surface area contributed by atoms with E-state index < -0.39 is 17.8 Å². The van der Waals surface area contributed by atoms with Crippen LogP contribution in [0.5, 0.6) is 0 Å². The van der Waals surface area contributed by atoms with Crippen molar-refractivity contribution in [2.24, 2.45) is 0 Å². The first-order chi connectivity index (χ1) is 15.8. The first kappa shape index (κ1) is 25.0. The van der Waals surface area contributed by atoms with Crippen molar-refractivity contribution in [1.82, 2.24) is 0 Å². The number of nitrogens with one attached hydrogen (secondary N) is 1. The van der Waals surface area contributed by atoms with Crippen molar-refractivity contribution >= 4 is 23.5 Å². The number of allylic oxidation sites excluding steroid dienone is 3. The van der Waals surface area contributed by atoms with E-state index in [1.807, 2.05) is 36.1 Å². The number of carbonyl (C=O) groups excluding carboxylic acids is 1. The lowest BCUT2D eigenvalue weighted by Gasteiger charge is -2.23. The molecule has 170 valence electrons. The number of carbonyl (C=O) groups is 1. The second-order valence-electron chi connectivity index (χ2n) is 6.64. The molecule has 6 nitrogen and oxygen atoms in total. The molecule has 0 heterocycles. The molecule has 2 aromatic carbocycles. The first-order valence-corrected chi connectivity index (χ1v) is 9.88. The highest BCUT2D eigenvalue weighted by Crippen LogP contribution is 2.29. The molecule has 0 bridgehead atoms. The maximum Gasteiger partial charge on any atom is 0.416 e. The quantitative estimate of drug-likeness (QED) is 0.296. The summed E-state index contributed by atoms with van der Waals surface area (Å²) in [4.78, 5) is 17.0. The molecule has 2 rings (SSSR count). The molecule has 9 heteroatoms. The molecule has 0 fully saturated rings. The van der Waals surface area contributed by atoms with Gasteiger partial charge in [0.1, 0.15) is 6.61 Å². The number of halogens is 3. The van der Waals surface area contributed by atoms with Gasteiger partial charge in [-0.25, -0.2) is 14.9 Å². The van der Waals surface area contributed by atoms with Gasteiger partial charge in [-0.1, -0.05) is 24.3 Å². The summed E-state index contributed by atoms with van der Waals surface area (Å²) in [6.07, 6.45) is -0.348. The van der Waals surface area contributed by atoms with Crippen molar-refractivity contribution in [1.29, 1.82) is 5.26 Å². The molecule has 0 aliphatic heterocycles. The third-order valence-electron chi connectivity index (χ3n) is 4.47. The van der Waals surface area contributed by atoms with Gasteiger partial charge in [0.05, 0.1) is 24.7 Å². The van der Waals surface area contributed by atoms with Crippen LogP contribution >= 0.6 is 0 Å². The van der Waals surface area contributed by atoms with Crippen LogP contribution in [0.4, 0.5) is 29.3 Å². The zero-order valence-electron chi connectivity index (χ0n) is 17.8. The van der Waals surface area contributed by atoms with Gasteiger partial charge in [-0.15, -0.1) is 0 Å². The van der Waals surface area contributed by atoms with Gasteiger partial charge in [-0.3, -0.25) is 5.32 Å². The molecule has 0 saturated carbocycles. The zero-order chi connectivity index (χ0) is 24.3. The topological polar surface area (TPSA) is 69.7 Å². The predicted molar refractivity (Wildman–Crippen MR) is 120 cm³/mol. The molecule has 1 N–H and O–H groups in total. The molecule has 0 saturated heterocycles. The summed E-state index contributed by atoms with van der Waals surface area (Å²) in [6, 6.07) is 13.4. The highest BCUT2D eigenvalue weighted by molar-refractivity contribution is 5.84. The Bertz CT molecular complexity index is 1060. The molecular weight excluding hydrogens is 433 g/mol. The number of hydrogen-bond donors (Lipinski definition) is 1. The minimum absolute atomic E-state index is 0.00221. The Balaban J connectivity index is 1.85. The minimum atomic E-state index is -4.44. The van der Waals surface area contributed by atoms with Crippen molar-refractivity contribution in [3.05, 3.63) is 88.9 Å². The lowest BCUT2D eigenvalue weighted by molar-refractivity contribution is -0.137. The van der Waals surface area contributed by atoms with Crippen LogP contribution in [0.1, 0.15) is 18.1 Å². The Morgan fingerprint density at radius 3 is 2.42 bits per heavy atom. The molecule has 0 radical (unpaired) electrons. The molecule has 0 spiro atoms. The number of amides is 1. The van der Waals surface area contributed by atoms with Crippen LogP contribution in [0, 0.1) is 17.9 Å². The maximum atomic E-state index is 12.6. The highest BCUT2D eigenvalue weighted by Gasteiger charge is 2.30. The Kier molecular flexibility index (Phi) is 9.07. The van der Waals surface area contributed by atoms with Gasteiger partial charge in [0, 0.05) is 17.9 Å². The number of nitrogens with zero attached hydrogens (tertiary/aromatic N) is 3. The lowest BCUT2D eigenvalue weighted by atomic mass is 10.1. The van der Waals surface area contributed by atoms with Crippen molar-refractivity contribution in [3.8, 4) is 6.07 Å². The summed E-state index contributed by atoms with van der Waals surface area (Å²) in [5.74, 6) is 0. The van der Waals surface area contributed by atoms with Gasteiger partial charge in [0.15, 0.2) is 0 Å². The van der Waals surface area contributed by atoms with Crippen LogP contribution in [0.2, 0.25) is 0 Å². The van der Waals surface area contributed by atoms with Crippen molar-refractivity contribution in [2.45, 2.75) is 13.1 Å². The number of nitriles is 1. The van der Waals surface area contributed by atoms with E-state index in [-0.39, 0.29) is 18.0 Å². The zero-order valence-corrected chi connectivity index (χ0v) is 17.8. The van der Waals surface area contributed by atoms with E-state index in [2.05, 4.69) is 10.2 Å². The summed E-state index contributed by atoms with van der Waals surface area (Å²) in [7, 11) is 0. The van der Waals surface area contributed by atoms with Crippen LogP contribution in [0.3, 0.4) is 0 Å². The standard InChI is InChI=1S/C24H21F3N4O2/c1-3-31(22-13-7-18(8-14-22)5-4-6-21(17-28)29-2)15-16-33-23(32)30-20-11-9-19(10-12-20)24(25,26)27/h4-14H,3,15-16H2,1H3,(H,30,32)/b5-4+,21-6-. The van der Waals surface area contributed by atoms with E-state index in [4.69, 9.17) is 16.6 Å². The van der Waals surface area contributed by atoms with Crippen molar-refractivity contribution in [2.75, 3.05) is 29.9 Å². The van der Waals surface area contributed by atoms with Gasteiger partial charge >= 0.3 is 12.3 Å². The number of alkyl halides is 3. The smallest absolute Gasteiger partial charge is 0.416 e. The molecule has 0 aliphatic rings. The first-order valence-electron chi connectivity index (χ1n) is 9.88. The lowest BCUT2D eigenvalue weighted by Crippen LogP contribution is -2.28. The Labute approximate surface area is 190 Å². The van der Waals surface area contributed by atoms with Crippen molar-refractivity contribution < 1.29 is 22.7 Å². The number of ether oxygens (including phenoxy) is 1. The molecule has 2 aromatic rings. The number of rotatable bonds is 8. The van der Waals surface area contributed by atoms with Crippen LogP contribution in [-0.4, -0.2) is 25.8 Å². The number of anilines is 2. The second kappa shape index (κ2) is 12.0. The van der Waals surface area contributed by atoms with Gasteiger partial charge in [0.2, 0.25) is 0 Å². The number of likely N-dealkylation sites (N-methyl/N-ethyl adjacent to an activating group) is 1. The Morgan fingerprint density at radius 2 is 1.88 bits per heavy atom. The molecule has 0 aliphatic carbocycles. The summed E-state index contributed by atoms with van der Waals surface area (Å²) < 4.78 is 42.9. The van der Waals surface area contributed by atoms with Crippen LogP contribution in [-0.2, 0) is 10.9 Å². The minimum Gasteiger partial charge on any atom is -0.447 e. The predicted octanol–water partition coefficient (Wildman–Crippen LogP) is 6.12. The average molecular weight is 454 g/mol. The third kappa shape index (κ3) is 8.08.